The Balaban J connectivity index is 1.64. The summed E-state index contributed by atoms with van der Waals surface area (Å²) in [6.45, 7) is 2.35. The molecule has 1 aromatic heterocycles. The molecule has 1 unspecified atom stereocenters. The van der Waals surface area contributed by atoms with Crippen molar-refractivity contribution in [2.45, 2.75) is 19.6 Å². The van der Waals surface area contributed by atoms with Crippen LogP contribution in [-0.2, 0) is 13.7 Å². The minimum Gasteiger partial charge on any atom is -0.489 e. The molecule has 0 saturated heterocycles. The van der Waals surface area contributed by atoms with Crippen LogP contribution < -0.4 is 10.1 Å². The molecule has 0 radical (unpaired) electrons. The highest BCUT2D eigenvalue weighted by Gasteiger charge is 2.12. The first-order valence-corrected chi connectivity index (χ1v) is 7.58. The Morgan fingerprint density at radius 3 is 2.79 bits per heavy atom. The van der Waals surface area contributed by atoms with Crippen molar-refractivity contribution in [1.29, 1.82) is 0 Å². The maximum Gasteiger partial charge on any atom is 0.173 e. The molecule has 0 amide bonds. The summed E-state index contributed by atoms with van der Waals surface area (Å²) >= 11 is 0. The van der Waals surface area contributed by atoms with E-state index in [1.165, 1.54) is 12.1 Å². The molecular weight excluding hydrogens is 309 g/mol. The van der Waals surface area contributed by atoms with Crippen molar-refractivity contribution >= 4 is 5.69 Å². The summed E-state index contributed by atoms with van der Waals surface area (Å²) in [6.07, 6.45) is 0. The molecule has 0 saturated carbocycles. The molecule has 0 aliphatic rings. The third-order valence-electron chi connectivity index (χ3n) is 3.55. The number of benzene rings is 2. The molecular formula is C17H18FN5O. The van der Waals surface area contributed by atoms with Crippen LogP contribution in [0.5, 0.6) is 5.75 Å². The van der Waals surface area contributed by atoms with Crippen LogP contribution in [0.15, 0.2) is 48.5 Å². The van der Waals surface area contributed by atoms with Crippen LogP contribution in [0.25, 0.3) is 0 Å². The summed E-state index contributed by atoms with van der Waals surface area (Å²) in [5, 5.41) is 14.8. The number of tetrazole rings is 1. The summed E-state index contributed by atoms with van der Waals surface area (Å²) in [4.78, 5) is 0. The van der Waals surface area contributed by atoms with Crippen LogP contribution in [-0.4, -0.2) is 20.2 Å². The van der Waals surface area contributed by atoms with Gasteiger partial charge in [0.15, 0.2) is 5.82 Å². The Bertz CT molecular complexity index is 820. The van der Waals surface area contributed by atoms with E-state index in [4.69, 9.17) is 4.74 Å². The van der Waals surface area contributed by atoms with E-state index in [1.807, 2.05) is 31.2 Å². The van der Waals surface area contributed by atoms with Crippen molar-refractivity contribution in [3.05, 3.63) is 65.7 Å². The Morgan fingerprint density at radius 1 is 1.21 bits per heavy atom. The van der Waals surface area contributed by atoms with Gasteiger partial charge in [-0.1, -0.05) is 18.2 Å². The van der Waals surface area contributed by atoms with Gasteiger partial charge in [-0.15, -0.1) is 5.10 Å². The number of rotatable bonds is 6. The predicted molar refractivity (Wildman–Crippen MR) is 88.0 cm³/mol. The van der Waals surface area contributed by atoms with E-state index in [2.05, 4.69) is 20.8 Å². The molecule has 7 heteroatoms. The molecule has 0 aliphatic heterocycles. The molecule has 1 N–H and O–H groups in total. The molecule has 0 bridgehead atoms. The van der Waals surface area contributed by atoms with E-state index in [-0.39, 0.29) is 11.9 Å². The van der Waals surface area contributed by atoms with Gasteiger partial charge in [-0.05, 0) is 47.2 Å². The lowest BCUT2D eigenvalue weighted by Gasteiger charge is -2.14. The van der Waals surface area contributed by atoms with Gasteiger partial charge in [-0.2, -0.15) is 0 Å². The van der Waals surface area contributed by atoms with Gasteiger partial charge in [0.05, 0.1) is 6.04 Å². The fraction of sp³-hybridized carbons (Fsp3) is 0.235. The van der Waals surface area contributed by atoms with Crippen molar-refractivity contribution in [2.24, 2.45) is 7.05 Å². The quantitative estimate of drug-likeness (QED) is 0.753. The van der Waals surface area contributed by atoms with Gasteiger partial charge >= 0.3 is 0 Å². The Hall–Kier alpha value is -2.96. The third kappa shape index (κ3) is 3.87. The summed E-state index contributed by atoms with van der Waals surface area (Å²) in [6, 6.07) is 13.9. The fourth-order valence-electron chi connectivity index (χ4n) is 2.39. The monoisotopic (exact) mass is 327 g/mol. The zero-order valence-corrected chi connectivity index (χ0v) is 13.5. The zero-order valence-electron chi connectivity index (χ0n) is 13.5. The summed E-state index contributed by atoms with van der Waals surface area (Å²) in [7, 11) is 1.80. The molecule has 3 aromatic rings. The summed E-state index contributed by atoms with van der Waals surface area (Å²) in [5.41, 5.74) is 1.92. The Kier molecular flexibility index (Phi) is 4.69. The topological polar surface area (TPSA) is 64.9 Å². The zero-order chi connectivity index (χ0) is 16.9. The molecule has 6 nitrogen and oxygen atoms in total. The van der Waals surface area contributed by atoms with E-state index in [0.29, 0.717) is 12.4 Å². The van der Waals surface area contributed by atoms with Crippen molar-refractivity contribution in [1.82, 2.24) is 20.2 Å². The number of aryl methyl sites for hydroxylation is 1. The highest BCUT2D eigenvalue weighted by Crippen LogP contribution is 2.19. The molecule has 124 valence electrons. The molecule has 2 aromatic carbocycles. The van der Waals surface area contributed by atoms with Crippen LogP contribution in [0.4, 0.5) is 10.1 Å². The van der Waals surface area contributed by atoms with Gasteiger partial charge in [0.2, 0.25) is 0 Å². The number of hydrogen-bond acceptors (Lipinski definition) is 5. The van der Waals surface area contributed by atoms with Crippen molar-refractivity contribution in [3.63, 3.8) is 0 Å². The smallest absolute Gasteiger partial charge is 0.173 e. The molecule has 24 heavy (non-hydrogen) atoms. The van der Waals surface area contributed by atoms with E-state index in [0.717, 1.165) is 17.1 Å². The van der Waals surface area contributed by atoms with Crippen LogP contribution in [0.3, 0.4) is 0 Å². The lowest BCUT2D eigenvalue weighted by atomic mass is 10.2. The number of nitrogens with one attached hydrogen (secondary N) is 1. The van der Waals surface area contributed by atoms with Crippen molar-refractivity contribution < 1.29 is 9.13 Å². The molecule has 1 heterocycles. The summed E-state index contributed by atoms with van der Waals surface area (Å²) < 4.78 is 20.4. The van der Waals surface area contributed by atoms with Crippen LogP contribution in [0.2, 0.25) is 0 Å². The predicted octanol–water partition coefficient (Wildman–Crippen LogP) is 3.10. The Labute approximate surface area is 139 Å². The lowest BCUT2D eigenvalue weighted by molar-refractivity contribution is 0.304. The molecule has 0 aliphatic carbocycles. The first-order valence-electron chi connectivity index (χ1n) is 7.58. The average Bonchev–Trinajstić information content (AvgIpc) is 3.00. The van der Waals surface area contributed by atoms with Gasteiger partial charge in [0.25, 0.3) is 0 Å². The number of aromatic nitrogens is 4. The summed E-state index contributed by atoms with van der Waals surface area (Å²) in [5.74, 6) is 0.942. The van der Waals surface area contributed by atoms with E-state index in [1.54, 1.807) is 23.9 Å². The highest BCUT2D eigenvalue weighted by molar-refractivity contribution is 5.46. The largest absolute Gasteiger partial charge is 0.489 e. The number of anilines is 1. The van der Waals surface area contributed by atoms with Crippen LogP contribution in [0.1, 0.15) is 24.4 Å². The van der Waals surface area contributed by atoms with E-state index in [9.17, 15) is 4.39 Å². The van der Waals surface area contributed by atoms with Gasteiger partial charge < -0.3 is 10.1 Å². The van der Waals surface area contributed by atoms with Crippen molar-refractivity contribution in [2.75, 3.05) is 5.32 Å². The Morgan fingerprint density at radius 2 is 2.04 bits per heavy atom. The van der Waals surface area contributed by atoms with Gasteiger partial charge in [-0.3, -0.25) is 0 Å². The average molecular weight is 327 g/mol. The highest BCUT2D eigenvalue weighted by atomic mass is 19.1. The minimum absolute atomic E-state index is 0.0376. The fourth-order valence-corrected chi connectivity index (χ4v) is 2.39. The molecule has 0 fully saturated rings. The second-order valence-corrected chi connectivity index (χ2v) is 5.47. The maximum absolute atomic E-state index is 13.2. The molecule has 1 atom stereocenters. The van der Waals surface area contributed by atoms with E-state index >= 15 is 0 Å². The second-order valence-electron chi connectivity index (χ2n) is 5.47. The van der Waals surface area contributed by atoms with Gasteiger partial charge in [0.1, 0.15) is 18.2 Å². The van der Waals surface area contributed by atoms with Crippen LogP contribution >= 0.6 is 0 Å². The molecule has 0 spiro atoms. The SMILES string of the molecule is CC(Nc1cccc(COc2cccc(F)c2)c1)c1nnnn1C. The number of hydrogen-bond donors (Lipinski definition) is 1. The van der Waals surface area contributed by atoms with Gasteiger partial charge in [0, 0.05) is 18.8 Å². The standard InChI is InChI=1S/C17H18FN5O/c1-12(17-20-21-22-23(17)2)19-15-7-3-5-13(9-15)11-24-16-8-4-6-14(18)10-16/h3-10,12,19H,11H2,1-2H3. The number of ether oxygens (including phenoxy) is 1. The minimum atomic E-state index is -0.311. The van der Waals surface area contributed by atoms with Crippen molar-refractivity contribution in [3.8, 4) is 5.75 Å². The lowest BCUT2D eigenvalue weighted by Crippen LogP contribution is -2.12. The maximum atomic E-state index is 13.2. The van der Waals surface area contributed by atoms with E-state index < -0.39 is 0 Å². The first kappa shape index (κ1) is 15.9. The second kappa shape index (κ2) is 7.08. The number of halogens is 1. The first-order chi connectivity index (χ1) is 11.6. The van der Waals surface area contributed by atoms with Gasteiger partial charge in [-0.25, -0.2) is 9.07 Å². The normalized spacial score (nSPS) is 12.0. The molecule has 3 rings (SSSR count). The third-order valence-corrected chi connectivity index (χ3v) is 3.55. The van der Waals surface area contributed by atoms with Crippen LogP contribution in [0, 0.1) is 5.82 Å². The number of nitrogens with zero attached hydrogens (tertiary/aromatic N) is 4.